The third-order valence-electron chi connectivity index (χ3n) is 4.23. The highest BCUT2D eigenvalue weighted by atomic mass is 32.1. The second-order valence-corrected chi connectivity index (χ2v) is 7.16. The van der Waals surface area contributed by atoms with Gasteiger partial charge in [0.05, 0.1) is 0 Å². The third-order valence-corrected chi connectivity index (χ3v) is 5.15. The fraction of sp³-hybridized carbons (Fsp3) is 0.412. The summed E-state index contributed by atoms with van der Waals surface area (Å²) >= 11 is 1.42. The fourth-order valence-electron chi connectivity index (χ4n) is 3.02. The molecule has 1 saturated carbocycles. The van der Waals surface area contributed by atoms with Crippen LogP contribution in [0.1, 0.15) is 36.1 Å². The summed E-state index contributed by atoms with van der Waals surface area (Å²) < 4.78 is 13.2. The van der Waals surface area contributed by atoms with Gasteiger partial charge in [0, 0.05) is 30.0 Å². The standard InChI is InChI=1S/C17H20FN3OS/c18-13-5-1-3-11(7-13)8-14-10-20-17(23-14)21-16(22)9-12-4-2-6-15(12)19/h1,3,5,7,10,12,15H,2,4,6,8-9,19H2,(H,20,21,22)/t12-,15+/m0/s1. The molecule has 0 saturated heterocycles. The molecule has 2 atom stereocenters. The van der Waals surface area contributed by atoms with Gasteiger partial charge >= 0.3 is 0 Å². The van der Waals surface area contributed by atoms with Crippen molar-refractivity contribution in [3.63, 3.8) is 0 Å². The number of carbonyl (C=O) groups excluding carboxylic acids is 1. The van der Waals surface area contributed by atoms with E-state index in [9.17, 15) is 9.18 Å². The Morgan fingerprint density at radius 1 is 1.43 bits per heavy atom. The zero-order valence-electron chi connectivity index (χ0n) is 12.8. The average Bonchev–Trinajstić information content (AvgIpc) is 3.09. The van der Waals surface area contributed by atoms with Crippen LogP contribution in [0.15, 0.2) is 30.5 Å². The molecule has 0 bridgehead atoms. The molecule has 3 rings (SSSR count). The van der Waals surface area contributed by atoms with E-state index < -0.39 is 0 Å². The molecule has 0 unspecified atom stereocenters. The highest BCUT2D eigenvalue weighted by molar-refractivity contribution is 7.15. The molecular formula is C17H20FN3OS. The monoisotopic (exact) mass is 333 g/mol. The molecule has 1 amide bonds. The number of halogens is 1. The summed E-state index contributed by atoms with van der Waals surface area (Å²) in [5.74, 6) is 0.00850. The fourth-order valence-corrected chi connectivity index (χ4v) is 3.89. The van der Waals surface area contributed by atoms with Crippen LogP contribution in [-0.2, 0) is 11.2 Å². The van der Waals surface area contributed by atoms with E-state index in [0.29, 0.717) is 18.0 Å². The number of thiazole rings is 1. The number of nitrogens with one attached hydrogen (secondary N) is 1. The molecule has 1 heterocycles. The molecular weight excluding hydrogens is 313 g/mol. The van der Waals surface area contributed by atoms with Gasteiger partial charge in [0.1, 0.15) is 5.82 Å². The van der Waals surface area contributed by atoms with Crippen molar-refractivity contribution < 1.29 is 9.18 Å². The lowest BCUT2D eigenvalue weighted by atomic mass is 10.00. The van der Waals surface area contributed by atoms with Crippen LogP contribution in [-0.4, -0.2) is 16.9 Å². The molecule has 2 aromatic rings. The van der Waals surface area contributed by atoms with Crippen LogP contribution in [0.3, 0.4) is 0 Å². The van der Waals surface area contributed by atoms with Gasteiger partial charge in [-0.25, -0.2) is 9.37 Å². The number of rotatable bonds is 5. The maximum absolute atomic E-state index is 13.2. The predicted molar refractivity (Wildman–Crippen MR) is 89.9 cm³/mol. The van der Waals surface area contributed by atoms with Crippen LogP contribution < -0.4 is 11.1 Å². The van der Waals surface area contributed by atoms with E-state index in [1.54, 1.807) is 12.3 Å². The van der Waals surface area contributed by atoms with Gasteiger partial charge in [-0.3, -0.25) is 4.79 Å². The Morgan fingerprint density at radius 3 is 3.04 bits per heavy atom. The van der Waals surface area contributed by atoms with Gasteiger partial charge in [-0.05, 0) is 36.5 Å². The van der Waals surface area contributed by atoms with Crippen molar-refractivity contribution in [1.29, 1.82) is 0 Å². The molecule has 1 aromatic carbocycles. The maximum atomic E-state index is 13.2. The van der Waals surface area contributed by atoms with Crippen LogP contribution in [0.4, 0.5) is 9.52 Å². The molecule has 4 nitrogen and oxygen atoms in total. The number of nitrogens with two attached hydrogens (primary N) is 1. The second kappa shape index (κ2) is 7.19. The SMILES string of the molecule is N[C@@H]1CCC[C@H]1CC(=O)Nc1ncc(Cc2cccc(F)c2)s1. The van der Waals surface area contributed by atoms with E-state index in [2.05, 4.69) is 10.3 Å². The first-order valence-corrected chi connectivity index (χ1v) is 8.66. The Hall–Kier alpha value is -1.79. The largest absolute Gasteiger partial charge is 0.327 e. The Morgan fingerprint density at radius 2 is 2.30 bits per heavy atom. The van der Waals surface area contributed by atoms with E-state index in [1.165, 1.54) is 23.5 Å². The number of anilines is 1. The topological polar surface area (TPSA) is 68.0 Å². The van der Waals surface area contributed by atoms with Crippen LogP contribution in [0.2, 0.25) is 0 Å². The number of nitrogens with zero attached hydrogens (tertiary/aromatic N) is 1. The second-order valence-electron chi connectivity index (χ2n) is 6.05. The first-order valence-electron chi connectivity index (χ1n) is 7.85. The summed E-state index contributed by atoms with van der Waals surface area (Å²) in [4.78, 5) is 17.3. The first kappa shape index (κ1) is 16.1. The summed E-state index contributed by atoms with van der Waals surface area (Å²) in [6, 6.07) is 6.65. The Kier molecular flexibility index (Phi) is 5.03. The van der Waals surface area contributed by atoms with Gasteiger partial charge in [0.2, 0.25) is 5.91 Å². The van der Waals surface area contributed by atoms with Crippen molar-refractivity contribution in [2.75, 3.05) is 5.32 Å². The predicted octanol–water partition coefficient (Wildman–Crippen LogP) is 3.33. The Balaban J connectivity index is 1.55. The lowest BCUT2D eigenvalue weighted by Crippen LogP contribution is -2.28. The molecule has 1 aliphatic carbocycles. The van der Waals surface area contributed by atoms with Gasteiger partial charge in [-0.1, -0.05) is 18.6 Å². The third kappa shape index (κ3) is 4.36. The van der Waals surface area contributed by atoms with Crippen molar-refractivity contribution in [3.05, 3.63) is 46.7 Å². The zero-order valence-corrected chi connectivity index (χ0v) is 13.6. The number of amides is 1. The highest BCUT2D eigenvalue weighted by Gasteiger charge is 2.26. The van der Waals surface area contributed by atoms with Crippen molar-refractivity contribution >= 4 is 22.4 Å². The number of benzene rings is 1. The van der Waals surface area contributed by atoms with E-state index in [-0.39, 0.29) is 23.7 Å². The molecule has 1 aliphatic rings. The van der Waals surface area contributed by atoms with Gasteiger partial charge in [0.25, 0.3) is 0 Å². The molecule has 0 radical (unpaired) electrons. The van der Waals surface area contributed by atoms with E-state index in [1.807, 2.05) is 6.07 Å². The van der Waals surface area contributed by atoms with Crippen LogP contribution in [0.5, 0.6) is 0 Å². The molecule has 3 N–H and O–H groups in total. The molecule has 122 valence electrons. The summed E-state index contributed by atoms with van der Waals surface area (Å²) in [6.07, 6.45) is 5.93. The number of hydrogen-bond donors (Lipinski definition) is 2. The Bertz CT molecular complexity index is 688. The summed E-state index contributed by atoms with van der Waals surface area (Å²) in [7, 11) is 0. The maximum Gasteiger partial charge on any atom is 0.226 e. The molecule has 0 aliphatic heterocycles. The van der Waals surface area contributed by atoms with Gasteiger partial charge in [0.15, 0.2) is 5.13 Å². The average molecular weight is 333 g/mol. The quantitative estimate of drug-likeness (QED) is 0.882. The minimum atomic E-state index is -0.242. The highest BCUT2D eigenvalue weighted by Crippen LogP contribution is 2.28. The smallest absolute Gasteiger partial charge is 0.226 e. The molecule has 1 aromatic heterocycles. The minimum absolute atomic E-state index is 0.0287. The van der Waals surface area contributed by atoms with Crippen molar-refractivity contribution in [2.45, 2.75) is 38.1 Å². The Labute approximate surface area is 138 Å². The normalized spacial score (nSPS) is 20.6. The first-order chi connectivity index (χ1) is 11.1. The van der Waals surface area contributed by atoms with Crippen molar-refractivity contribution in [2.24, 2.45) is 11.7 Å². The van der Waals surface area contributed by atoms with E-state index >= 15 is 0 Å². The molecule has 6 heteroatoms. The van der Waals surface area contributed by atoms with Crippen LogP contribution in [0, 0.1) is 11.7 Å². The summed E-state index contributed by atoms with van der Waals surface area (Å²) in [5.41, 5.74) is 6.89. The number of aromatic nitrogens is 1. The van der Waals surface area contributed by atoms with E-state index in [0.717, 1.165) is 29.7 Å². The summed E-state index contributed by atoms with van der Waals surface area (Å²) in [5, 5.41) is 3.44. The van der Waals surface area contributed by atoms with Crippen molar-refractivity contribution in [3.8, 4) is 0 Å². The molecule has 23 heavy (non-hydrogen) atoms. The summed E-state index contributed by atoms with van der Waals surface area (Å²) in [6.45, 7) is 0. The van der Waals surface area contributed by atoms with Gasteiger partial charge in [-0.15, -0.1) is 11.3 Å². The lowest BCUT2D eigenvalue weighted by molar-refractivity contribution is -0.117. The zero-order chi connectivity index (χ0) is 16.2. The molecule has 1 fully saturated rings. The van der Waals surface area contributed by atoms with E-state index in [4.69, 9.17) is 5.73 Å². The lowest BCUT2D eigenvalue weighted by Gasteiger charge is -2.13. The van der Waals surface area contributed by atoms with Gasteiger partial charge < -0.3 is 11.1 Å². The number of hydrogen-bond acceptors (Lipinski definition) is 4. The molecule has 0 spiro atoms. The number of carbonyl (C=O) groups is 1. The van der Waals surface area contributed by atoms with Gasteiger partial charge in [-0.2, -0.15) is 0 Å². The van der Waals surface area contributed by atoms with Crippen LogP contribution >= 0.6 is 11.3 Å². The van der Waals surface area contributed by atoms with Crippen molar-refractivity contribution in [1.82, 2.24) is 4.98 Å². The minimum Gasteiger partial charge on any atom is -0.327 e. The van der Waals surface area contributed by atoms with Crippen LogP contribution in [0.25, 0.3) is 0 Å².